The summed E-state index contributed by atoms with van der Waals surface area (Å²) in [6.45, 7) is 0. The zero-order valence-electron chi connectivity index (χ0n) is 5.58. The van der Waals surface area contributed by atoms with Crippen LogP contribution in [0.1, 0.15) is 6.42 Å². The maximum atomic E-state index is 9.26. The van der Waals surface area contributed by atoms with Crippen LogP contribution >= 0.6 is 15.9 Å². The van der Waals surface area contributed by atoms with E-state index in [1.807, 2.05) is 0 Å². The molecule has 0 atom stereocenters. The zero-order chi connectivity index (χ0) is 7.84. The van der Waals surface area contributed by atoms with E-state index in [1.165, 1.54) is 0 Å². The van der Waals surface area contributed by atoms with Gasteiger partial charge in [0, 0.05) is 16.5 Å². The molecule has 0 aromatic carbocycles. The summed E-state index contributed by atoms with van der Waals surface area (Å²) in [5.41, 5.74) is 1.82. The van der Waals surface area contributed by atoms with Crippen molar-refractivity contribution in [2.75, 3.05) is 0 Å². The number of aliphatic hydroxyl groups is 1. The highest BCUT2D eigenvalue weighted by Gasteiger charge is 2.18. The first-order valence-corrected chi connectivity index (χ1v) is 3.96. The van der Waals surface area contributed by atoms with Gasteiger partial charge in [-0.1, -0.05) is 15.9 Å². The van der Waals surface area contributed by atoms with Gasteiger partial charge in [-0.15, -0.1) is 0 Å². The minimum atomic E-state index is 0.271. The van der Waals surface area contributed by atoms with Crippen molar-refractivity contribution in [2.24, 2.45) is 10.2 Å². The van der Waals surface area contributed by atoms with Gasteiger partial charge in [0.2, 0.25) is 0 Å². The summed E-state index contributed by atoms with van der Waals surface area (Å²) in [7, 11) is 0. The Kier molecular flexibility index (Phi) is 1.42. The van der Waals surface area contributed by atoms with Crippen molar-refractivity contribution in [3.8, 4) is 0 Å². The van der Waals surface area contributed by atoms with E-state index in [4.69, 9.17) is 0 Å². The summed E-state index contributed by atoms with van der Waals surface area (Å²) in [5.74, 6) is 0.271. The number of allylic oxidation sites excluding steroid dienone is 3. The monoisotopic (exact) mass is 212 g/mol. The van der Waals surface area contributed by atoms with Crippen molar-refractivity contribution in [2.45, 2.75) is 6.42 Å². The third-order valence-electron chi connectivity index (χ3n) is 1.60. The van der Waals surface area contributed by atoms with Gasteiger partial charge >= 0.3 is 0 Å². The molecule has 56 valence electrons. The average Bonchev–Trinajstić information content (AvgIpc) is 2.36. The van der Waals surface area contributed by atoms with Gasteiger partial charge in [0.05, 0.1) is 11.9 Å². The molecular weight excluding hydrogens is 208 g/mol. The lowest BCUT2D eigenvalue weighted by molar-refractivity contribution is 0.428. The molecule has 0 amide bonds. The van der Waals surface area contributed by atoms with Crippen LogP contribution in [0, 0.1) is 0 Å². The van der Waals surface area contributed by atoms with Crippen LogP contribution in [0.5, 0.6) is 0 Å². The molecule has 1 heterocycles. The van der Waals surface area contributed by atoms with Crippen molar-refractivity contribution in [1.82, 2.24) is 0 Å². The Labute approximate surface area is 72.0 Å². The normalized spacial score (nSPS) is 21.5. The Morgan fingerprint density at radius 2 is 2.36 bits per heavy atom. The molecule has 0 spiro atoms. The molecule has 1 aliphatic heterocycles. The number of aliphatic hydroxyl groups excluding tert-OH is 1. The second-order valence-corrected chi connectivity index (χ2v) is 3.32. The van der Waals surface area contributed by atoms with Gasteiger partial charge in [0.15, 0.2) is 0 Å². The van der Waals surface area contributed by atoms with E-state index in [1.54, 1.807) is 12.3 Å². The van der Waals surface area contributed by atoms with Crippen LogP contribution in [0.3, 0.4) is 0 Å². The lowest BCUT2D eigenvalue weighted by Crippen LogP contribution is -2.06. The molecule has 0 unspecified atom stereocenters. The number of halogens is 1. The number of hydrogen-bond acceptors (Lipinski definition) is 3. The molecule has 2 rings (SSSR count). The van der Waals surface area contributed by atoms with Gasteiger partial charge in [-0.3, -0.25) is 0 Å². The van der Waals surface area contributed by atoms with Crippen LogP contribution in [0.25, 0.3) is 0 Å². The Morgan fingerprint density at radius 1 is 1.55 bits per heavy atom. The lowest BCUT2D eigenvalue weighted by atomic mass is 10.0. The van der Waals surface area contributed by atoms with Crippen molar-refractivity contribution in [3.05, 3.63) is 21.9 Å². The zero-order valence-corrected chi connectivity index (χ0v) is 7.17. The summed E-state index contributed by atoms with van der Waals surface area (Å²) >= 11 is 3.24. The standard InChI is InChI=1S/C7H5BrN2O/c8-5-2-6-4(1-7(5)11)3-9-10-6/h1,3,11H,2H2. The van der Waals surface area contributed by atoms with Crippen LogP contribution < -0.4 is 0 Å². The predicted octanol–water partition coefficient (Wildman–Crippen LogP) is 1.92. The van der Waals surface area contributed by atoms with Gasteiger partial charge < -0.3 is 5.11 Å². The van der Waals surface area contributed by atoms with Crippen molar-refractivity contribution in [3.63, 3.8) is 0 Å². The summed E-state index contributed by atoms with van der Waals surface area (Å²) in [4.78, 5) is 0. The van der Waals surface area contributed by atoms with Crippen LogP contribution in [0.2, 0.25) is 0 Å². The fourth-order valence-corrected chi connectivity index (χ4v) is 1.39. The molecule has 0 aromatic rings. The maximum Gasteiger partial charge on any atom is 0.126 e. The van der Waals surface area contributed by atoms with Crippen LogP contribution in [0.4, 0.5) is 0 Å². The Hall–Kier alpha value is -0.900. The van der Waals surface area contributed by atoms with Crippen molar-refractivity contribution < 1.29 is 5.11 Å². The highest BCUT2D eigenvalue weighted by atomic mass is 79.9. The molecule has 0 saturated heterocycles. The van der Waals surface area contributed by atoms with E-state index in [0.717, 1.165) is 15.8 Å². The quantitative estimate of drug-likeness (QED) is 0.656. The molecule has 0 aromatic heterocycles. The SMILES string of the molecule is OC1=C(Br)CC2=NN=CC2=C1. The van der Waals surface area contributed by atoms with E-state index in [0.29, 0.717) is 6.42 Å². The molecule has 0 radical (unpaired) electrons. The Bertz CT molecular complexity index is 325. The molecule has 0 fully saturated rings. The molecule has 11 heavy (non-hydrogen) atoms. The smallest absolute Gasteiger partial charge is 0.126 e. The van der Waals surface area contributed by atoms with Gasteiger partial charge in [-0.05, 0) is 6.08 Å². The molecule has 1 N–H and O–H groups in total. The van der Waals surface area contributed by atoms with E-state index in [9.17, 15) is 5.11 Å². The number of fused-ring (bicyclic) bond motifs is 1. The van der Waals surface area contributed by atoms with E-state index in [-0.39, 0.29) is 5.76 Å². The van der Waals surface area contributed by atoms with Gasteiger partial charge in [-0.2, -0.15) is 10.2 Å². The second kappa shape index (κ2) is 2.30. The summed E-state index contributed by atoms with van der Waals surface area (Å²) in [6.07, 6.45) is 3.94. The molecule has 0 bridgehead atoms. The lowest BCUT2D eigenvalue weighted by Gasteiger charge is -2.08. The highest BCUT2D eigenvalue weighted by molar-refractivity contribution is 9.11. The Morgan fingerprint density at radius 3 is 3.18 bits per heavy atom. The second-order valence-electron chi connectivity index (χ2n) is 2.36. The first-order chi connectivity index (χ1) is 5.27. The first-order valence-electron chi connectivity index (χ1n) is 3.17. The summed E-state index contributed by atoms with van der Waals surface area (Å²) < 4.78 is 0.769. The van der Waals surface area contributed by atoms with Crippen LogP contribution in [-0.2, 0) is 0 Å². The minimum Gasteiger partial charge on any atom is -0.507 e. The number of nitrogens with zero attached hydrogens (tertiary/aromatic N) is 2. The summed E-state index contributed by atoms with van der Waals surface area (Å²) in [6, 6.07) is 0. The molecule has 0 saturated carbocycles. The highest BCUT2D eigenvalue weighted by Crippen LogP contribution is 2.26. The number of hydrogen-bond donors (Lipinski definition) is 1. The molecule has 4 heteroatoms. The largest absolute Gasteiger partial charge is 0.507 e. The Balaban J connectivity index is 2.46. The van der Waals surface area contributed by atoms with E-state index >= 15 is 0 Å². The maximum absolute atomic E-state index is 9.26. The van der Waals surface area contributed by atoms with Crippen LogP contribution in [0.15, 0.2) is 32.1 Å². The predicted molar refractivity (Wildman–Crippen MR) is 47.2 cm³/mol. The third-order valence-corrected chi connectivity index (χ3v) is 2.29. The third kappa shape index (κ3) is 1.03. The van der Waals surface area contributed by atoms with E-state index in [2.05, 4.69) is 26.1 Å². The van der Waals surface area contributed by atoms with Crippen LogP contribution in [-0.4, -0.2) is 17.0 Å². The fourth-order valence-electron chi connectivity index (χ4n) is 1.01. The fraction of sp³-hybridized carbons (Fsp3) is 0.143. The van der Waals surface area contributed by atoms with Gasteiger partial charge in [0.25, 0.3) is 0 Å². The minimum absolute atomic E-state index is 0.271. The molecule has 1 aliphatic carbocycles. The first kappa shape index (κ1) is 6.79. The number of rotatable bonds is 0. The molecule has 3 nitrogen and oxygen atoms in total. The average molecular weight is 213 g/mol. The van der Waals surface area contributed by atoms with Crippen molar-refractivity contribution >= 4 is 27.9 Å². The molecular formula is C7H5BrN2O. The topological polar surface area (TPSA) is 45.0 Å². The van der Waals surface area contributed by atoms with Crippen molar-refractivity contribution in [1.29, 1.82) is 0 Å². The van der Waals surface area contributed by atoms with Gasteiger partial charge in [0.1, 0.15) is 5.76 Å². The molecule has 2 aliphatic rings. The summed E-state index contributed by atoms with van der Waals surface area (Å²) in [5, 5.41) is 16.9. The van der Waals surface area contributed by atoms with Gasteiger partial charge in [-0.25, -0.2) is 0 Å². The van der Waals surface area contributed by atoms with E-state index < -0.39 is 0 Å².